The summed E-state index contributed by atoms with van der Waals surface area (Å²) >= 11 is 1.59. The first-order valence-corrected chi connectivity index (χ1v) is 9.97. The van der Waals surface area contributed by atoms with Gasteiger partial charge in [0.15, 0.2) is 5.78 Å². The molecule has 2 N–H and O–H groups in total. The van der Waals surface area contributed by atoms with E-state index in [0.717, 1.165) is 4.90 Å². The Morgan fingerprint density at radius 1 is 1.12 bits per heavy atom. The van der Waals surface area contributed by atoms with Crippen LogP contribution in [0, 0.1) is 0 Å². The molecule has 0 saturated heterocycles. The fraction of sp³-hybridized carbons (Fsp3) is 0.235. The zero-order valence-corrected chi connectivity index (χ0v) is 15.0. The summed E-state index contributed by atoms with van der Waals surface area (Å²) in [5.41, 5.74) is 1.09. The molecular weight excluding hydrogens is 346 g/mol. The molecule has 0 aliphatic rings. The molecule has 7 heteroatoms. The van der Waals surface area contributed by atoms with Crippen LogP contribution in [0.3, 0.4) is 0 Å². The normalized spacial score (nSPS) is 12.8. The molecule has 0 bridgehead atoms. The average Bonchev–Trinajstić information content (AvgIpc) is 2.60. The molecule has 0 aliphatic carbocycles. The molecule has 1 unspecified atom stereocenters. The average molecular weight is 365 g/mol. The SMILES string of the molecule is CSc1ccc(C(O)CNS(=O)(=O)c2ccc(C(C)=O)cc2)cc1. The van der Waals surface area contributed by atoms with Gasteiger partial charge in [0, 0.05) is 17.0 Å². The fourth-order valence-electron chi connectivity index (χ4n) is 2.08. The maximum Gasteiger partial charge on any atom is 0.240 e. The summed E-state index contributed by atoms with van der Waals surface area (Å²) in [5, 5.41) is 10.1. The van der Waals surface area contributed by atoms with Gasteiger partial charge in [-0.2, -0.15) is 0 Å². The van der Waals surface area contributed by atoms with Crippen LogP contribution in [0.15, 0.2) is 58.3 Å². The number of carbonyl (C=O) groups is 1. The number of hydrogen-bond donors (Lipinski definition) is 2. The summed E-state index contributed by atoms with van der Waals surface area (Å²) in [6.45, 7) is 1.29. The van der Waals surface area contributed by atoms with Crippen molar-refractivity contribution in [3.8, 4) is 0 Å². The number of sulfonamides is 1. The van der Waals surface area contributed by atoms with Crippen molar-refractivity contribution in [2.75, 3.05) is 12.8 Å². The van der Waals surface area contributed by atoms with E-state index in [2.05, 4.69) is 4.72 Å². The lowest BCUT2D eigenvalue weighted by atomic mass is 10.1. The Kier molecular flexibility index (Phi) is 6.17. The number of rotatable bonds is 7. The summed E-state index contributed by atoms with van der Waals surface area (Å²) in [7, 11) is -3.74. The topological polar surface area (TPSA) is 83.5 Å². The number of ketones is 1. The molecule has 0 fully saturated rings. The minimum absolute atomic E-state index is 0.0532. The molecule has 128 valence electrons. The molecule has 0 saturated carbocycles. The predicted octanol–water partition coefficient (Wildman–Crippen LogP) is 2.62. The van der Waals surface area contributed by atoms with Gasteiger partial charge < -0.3 is 5.11 Å². The van der Waals surface area contributed by atoms with Crippen molar-refractivity contribution < 1.29 is 18.3 Å². The number of Topliss-reactive ketones (excluding diaryl/α,β-unsaturated/α-hetero) is 1. The highest BCUT2D eigenvalue weighted by molar-refractivity contribution is 7.98. The molecule has 2 aromatic rings. The third kappa shape index (κ3) is 4.67. The van der Waals surface area contributed by atoms with Gasteiger partial charge in [-0.05, 0) is 43.0 Å². The Hall–Kier alpha value is -1.67. The second kappa shape index (κ2) is 7.94. The smallest absolute Gasteiger partial charge is 0.240 e. The number of benzene rings is 2. The minimum atomic E-state index is -3.74. The Balaban J connectivity index is 2.04. The van der Waals surface area contributed by atoms with Crippen molar-refractivity contribution >= 4 is 27.6 Å². The number of hydrogen-bond acceptors (Lipinski definition) is 5. The van der Waals surface area contributed by atoms with E-state index in [0.29, 0.717) is 11.1 Å². The molecule has 2 rings (SSSR count). The Morgan fingerprint density at radius 3 is 2.21 bits per heavy atom. The summed E-state index contributed by atoms with van der Waals surface area (Å²) in [6.07, 6.45) is 1.02. The highest BCUT2D eigenvalue weighted by Gasteiger charge is 2.17. The van der Waals surface area contributed by atoms with Gasteiger partial charge in [-0.1, -0.05) is 24.3 Å². The van der Waals surface area contributed by atoms with E-state index in [1.165, 1.54) is 31.2 Å². The Morgan fingerprint density at radius 2 is 1.71 bits per heavy atom. The van der Waals surface area contributed by atoms with Gasteiger partial charge in [0.05, 0.1) is 11.0 Å². The van der Waals surface area contributed by atoms with Crippen molar-refractivity contribution in [3.05, 3.63) is 59.7 Å². The Labute approximate surface area is 146 Å². The third-order valence-corrected chi connectivity index (χ3v) is 5.72. The fourth-order valence-corrected chi connectivity index (χ4v) is 3.53. The van der Waals surface area contributed by atoms with Crippen LogP contribution in [0.5, 0.6) is 0 Å². The highest BCUT2D eigenvalue weighted by Crippen LogP contribution is 2.19. The van der Waals surface area contributed by atoms with E-state index in [-0.39, 0.29) is 17.2 Å². The third-order valence-electron chi connectivity index (χ3n) is 3.54. The van der Waals surface area contributed by atoms with Crippen molar-refractivity contribution in [2.45, 2.75) is 22.8 Å². The molecule has 0 radical (unpaired) electrons. The van der Waals surface area contributed by atoms with E-state index in [1.807, 2.05) is 18.4 Å². The van der Waals surface area contributed by atoms with Crippen molar-refractivity contribution in [1.82, 2.24) is 4.72 Å². The highest BCUT2D eigenvalue weighted by atomic mass is 32.2. The van der Waals surface area contributed by atoms with Crippen LogP contribution in [-0.4, -0.2) is 32.1 Å². The van der Waals surface area contributed by atoms with Gasteiger partial charge in [-0.25, -0.2) is 13.1 Å². The second-order valence-electron chi connectivity index (χ2n) is 5.22. The summed E-state index contributed by atoms with van der Waals surface area (Å²) in [4.78, 5) is 12.3. The Bertz CT molecular complexity index is 799. The number of thioether (sulfide) groups is 1. The van der Waals surface area contributed by atoms with Gasteiger partial charge in [0.2, 0.25) is 10.0 Å². The van der Waals surface area contributed by atoms with E-state index in [9.17, 15) is 18.3 Å². The lowest BCUT2D eigenvalue weighted by Gasteiger charge is -2.13. The quantitative estimate of drug-likeness (QED) is 0.582. The van der Waals surface area contributed by atoms with E-state index < -0.39 is 16.1 Å². The van der Waals surface area contributed by atoms with Gasteiger partial charge >= 0.3 is 0 Å². The van der Waals surface area contributed by atoms with Gasteiger partial charge in [0.1, 0.15) is 0 Å². The van der Waals surface area contributed by atoms with Crippen LogP contribution in [0.25, 0.3) is 0 Å². The molecule has 2 aromatic carbocycles. The van der Waals surface area contributed by atoms with Crippen molar-refractivity contribution in [3.63, 3.8) is 0 Å². The summed E-state index contributed by atoms with van der Waals surface area (Å²) in [6, 6.07) is 13.0. The number of nitrogens with one attached hydrogen (secondary N) is 1. The first-order chi connectivity index (χ1) is 11.3. The van der Waals surface area contributed by atoms with Crippen LogP contribution in [0.2, 0.25) is 0 Å². The summed E-state index contributed by atoms with van der Waals surface area (Å²) < 4.78 is 26.9. The van der Waals surface area contributed by atoms with E-state index in [4.69, 9.17) is 0 Å². The standard InChI is InChI=1S/C17H19NO4S2/c1-12(19)13-5-9-16(10-6-13)24(21,22)18-11-17(20)14-3-7-15(23-2)8-4-14/h3-10,17-18,20H,11H2,1-2H3. The van der Waals surface area contributed by atoms with Crippen LogP contribution in [0.4, 0.5) is 0 Å². The maximum atomic E-state index is 12.2. The number of aliphatic hydroxyl groups is 1. The van der Waals surface area contributed by atoms with Crippen LogP contribution in [0.1, 0.15) is 28.9 Å². The molecule has 0 aliphatic heterocycles. The second-order valence-corrected chi connectivity index (χ2v) is 7.87. The molecule has 1 atom stereocenters. The number of carbonyl (C=O) groups excluding carboxylic acids is 1. The molecule has 24 heavy (non-hydrogen) atoms. The van der Waals surface area contributed by atoms with E-state index >= 15 is 0 Å². The van der Waals surface area contributed by atoms with E-state index in [1.54, 1.807) is 23.9 Å². The lowest BCUT2D eigenvalue weighted by Crippen LogP contribution is -2.28. The first kappa shape index (κ1) is 18.7. The monoisotopic (exact) mass is 365 g/mol. The number of aliphatic hydroxyl groups excluding tert-OH is 1. The van der Waals surface area contributed by atoms with Crippen LogP contribution < -0.4 is 4.72 Å². The minimum Gasteiger partial charge on any atom is -0.387 e. The summed E-state index contributed by atoms with van der Waals surface area (Å²) in [5.74, 6) is -0.129. The van der Waals surface area contributed by atoms with Crippen LogP contribution >= 0.6 is 11.8 Å². The van der Waals surface area contributed by atoms with Crippen LogP contribution in [-0.2, 0) is 10.0 Å². The first-order valence-electron chi connectivity index (χ1n) is 7.26. The molecule has 5 nitrogen and oxygen atoms in total. The molecule has 0 amide bonds. The zero-order valence-electron chi connectivity index (χ0n) is 13.4. The molecular formula is C17H19NO4S2. The molecule has 0 aromatic heterocycles. The van der Waals surface area contributed by atoms with Crippen molar-refractivity contribution in [1.29, 1.82) is 0 Å². The lowest BCUT2D eigenvalue weighted by molar-refractivity contribution is 0.101. The largest absolute Gasteiger partial charge is 0.387 e. The van der Waals surface area contributed by atoms with Gasteiger partial charge in [-0.15, -0.1) is 11.8 Å². The maximum absolute atomic E-state index is 12.2. The van der Waals surface area contributed by atoms with Crippen molar-refractivity contribution in [2.24, 2.45) is 0 Å². The molecule has 0 heterocycles. The van der Waals surface area contributed by atoms with Gasteiger partial charge in [-0.3, -0.25) is 4.79 Å². The van der Waals surface area contributed by atoms with Gasteiger partial charge in [0.25, 0.3) is 0 Å². The predicted molar refractivity (Wildman–Crippen MR) is 94.8 cm³/mol. The molecule has 0 spiro atoms. The zero-order chi connectivity index (χ0) is 17.7.